The Labute approximate surface area is 107 Å². The standard InChI is InChI=1S/C13H19N5/c1-5-6-10-12(17-18(4)13(10)14)11-7-8(2)15-16-9(11)3/h7H,5-6,14H2,1-4H3. The van der Waals surface area contributed by atoms with Gasteiger partial charge in [-0.1, -0.05) is 13.3 Å². The van der Waals surface area contributed by atoms with Crippen molar-refractivity contribution in [2.45, 2.75) is 33.6 Å². The van der Waals surface area contributed by atoms with Crippen LogP contribution < -0.4 is 5.73 Å². The normalized spacial score (nSPS) is 10.9. The average Bonchev–Trinajstić information content (AvgIpc) is 2.61. The van der Waals surface area contributed by atoms with Crippen LogP contribution >= 0.6 is 0 Å². The van der Waals surface area contributed by atoms with Crippen molar-refractivity contribution >= 4 is 5.82 Å². The van der Waals surface area contributed by atoms with Crippen LogP contribution in [0.15, 0.2) is 6.07 Å². The highest BCUT2D eigenvalue weighted by Gasteiger charge is 2.17. The highest BCUT2D eigenvalue weighted by Crippen LogP contribution is 2.29. The lowest BCUT2D eigenvalue weighted by atomic mass is 10.0. The van der Waals surface area contributed by atoms with Gasteiger partial charge in [-0.3, -0.25) is 4.68 Å². The summed E-state index contributed by atoms with van der Waals surface area (Å²) in [6.45, 7) is 6.02. The topological polar surface area (TPSA) is 69.6 Å². The molecule has 0 aliphatic carbocycles. The molecule has 0 saturated heterocycles. The van der Waals surface area contributed by atoms with Gasteiger partial charge in [0, 0.05) is 18.2 Å². The molecule has 5 nitrogen and oxygen atoms in total. The van der Waals surface area contributed by atoms with Crippen LogP contribution in [0.1, 0.15) is 30.3 Å². The molecular weight excluding hydrogens is 226 g/mol. The Bertz CT molecular complexity index is 571. The molecule has 0 bridgehead atoms. The summed E-state index contributed by atoms with van der Waals surface area (Å²) in [5.74, 6) is 0.737. The molecule has 0 fully saturated rings. The summed E-state index contributed by atoms with van der Waals surface area (Å²) in [4.78, 5) is 0. The second-order valence-corrected chi connectivity index (χ2v) is 4.57. The molecule has 0 saturated carbocycles. The predicted molar refractivity (Wildman–Crippen MR) is 72.1 cm³/mol. The molecule has 96 valence electrons. The lowest BCUT2D eigenvalue weighted by Gasteiger charge is -2.05. The Morgan fingerprint density at radius 1 is 1.28 bits per heavy atom. The van der Waals surface area contributed by atoms with Crippen LogP contribution in [0.3, 0.4) is 0 Å². The average molecular weight is 245 g/mol. The van der Waals surface area contributed by atoms with Gasteiger partial charge in [0.25, 0.3) is 0 Å². The zero-order valence-corrected chi connectivity index (χ0v) is 11.4. The minimum atomic E-state index is 0.737. The number of anilines is 1. The van der Waals surface area contributed by atoms with E-state index in [0.717, 1.165) is 46.9 Å². The van der Waals surface area contributed by atoms with E-state index in [0.29, 0.717) is 0 Å². The maximum absolute atomic E-state index is 6.08. The molecule has 5 heteroatoms. The number of nitrogens with zero attached hydrogens (tertiary/aromatic N) is 4. The van der Waals surface area contributed by atoms with E-state index < -0.39 is 0 Å². The molecule has 0 radical (unpaired) electrons. The first kappa shape index (κ1) is 12.5. The van der Waals surface area contributed by atoms with Crippen molar-refractivity contribution in [2.24, 2.45) is 7.05 Å². The van der Waals surface area contributed by atoms with E-state index in [-0.39, 0.29) is 0 Å². The quantitative estimate of drug-likeness (QED) is 0.898. The molecule has 2 aromatic rings. The number of rotatable bonds is 3. The summed E-state index contributed by atoms with van der Waals surface area (Å²) in [5.41, 5.74) is 10.9. The van der Waals surface area contributed by atoms with Gasteiger partial charge in [0.1, 0.15) is 5.82 Å². The fourth-order valence-electron chi connectivity index (χ4n) is 2.08. The third kappa shape index (κ3) is 2.08. The van der Waals surface area contributed by atoms with Crippen molar-refractivity contribution in [3.63, 3.8) is 0 Å². The summed E-state index contributed by atoms with van der Waals surface area (Å²) < 4.78 is 1.73. The van der Waals surface area contributed by atoms with Crippen LogP contribution in [0.25, 0.3) is 11.3 Å². The Kier molecular flexibility index (Phi) is 3.32. The van der Waals surface area contributed by atoms with Crippen molar-refractivity contribution in [3.8, 4) is 11.3 Å². The van der Waals surface area contributed by atoms with E-state index in [9.17, 15) is 0 Å². The van der Waals surface area contributed by atoms with Crippen molar-refractivity contribution in [2.75, 3.05) is 5.73 Å². The molecule has 0 amide bonds. The number of nitrogens with two attached hydrogens (primary N) is 1. The van der Waals surface area contributed by atoms with Crippen LogP contribution in [0, 0.1) is 13.8 Å². The van der Waals surface area contributed by atoms with Gasteiger partial charge in [-0.15, -0.1) is 0 Å². The van der Waals surface area contributed by atoms with E-state index in [4.69, 9.17) is 5.73 Å². The highest BCUT2D eigenvalue weighted by atomic mass is 15.3. The predicted octanol–water partition coefficient (Wildman–Crippen LogP) is 2.03. The molecule has 2 rings (SSSR count). The molecular formula is C13H19N5. The van der Waals surface area contributed by atoms with Gasteiger partial charge in [0.2, 0.25) is 0 Å². The maximum atomic E-state index is 6.08. The van der Waals surface area contributed by atoms with E-state index in [2.05, 4.69) is 22.2 Å². The minimum Gasteiger partial charge on any atom is -0.384 e. The van der Waals surface area contributed by atoms with Gasteiger partial charge in [-0.25, -0.2) is 0 Å². The van der Waals surface area contributed by atoms with Crippen LogP contribution in [0.4, 0.5) is 5.82 Å². The van der Waals surface area contributed by atoms with Gasteiger partial charge >= 0.3 is 0 Å². The van der Waals surface area contributed by atoms with Gasteiger partial charge in [0.05, 0.1) is 17.1 Å². The lowest BCUT2D eigenvalue weighted by Crippen LogP contribution is -1.99. The van der Waals surface area contributed by atoms with E-state index in [1.807, 2.05) is 27.0 Å². The largest absolute Gasteiger partial charge is 0.384 e. The number of hydrogen-bond acceptors (Lipinski definition) is 4. The van der Waals surface area contributed by atoms with Gasteiger partial charge < -0.3 is 5.73 Å². The number of aryl methyl sites for hydroxylation is 3. The highest BCUT2D eigenvalue weighted by molar-refractivity contribution is 5.70. The first-order valence-corrected chi connectivity index (χ1v) is 6.17. The van der Waals surface area contributed by atoms with E-state index in [1.165, 1.54) is 0 Å². The monoisotopic (exact) mass is 245 g/mol. The van der Waals surface area contributed by atoms with E-state index in [1.54, 1.807) is 4.68 Å². The third-order valence-corrected chi connectivity index (χ3v) is 3.05. The van der Waals surface area contributed by atoms with Crippen LogP contribution in [0.2, 0.25) is 0 Å². The fourth-order valence-corrected chi connectivity index (χ4v) is 2.08. The summed E-state index contributed by atoms with van der Waals surface area (Å²) in [6, 6.07) is 2.02. The summed E-state index contributed by atoms with van der Waals surface area (Å²) in [6.07, 6.45) is 1.97. The van der Waals surface area contributed by atoms with Crippen LogP contribution in [-0.4, -0.2) is 20.0 Å². The van der Waals surface area contributed by atoms with Gasteiger partial charge in [0.15, 0.2) is 0 Å². The summed E-state index contributed by atoms with van der Waals surface area (Å²) in [7, 11) is 1.87. The maximum Gasteiger partial charge on any atom is 0.125 e. The van der Waals surface area contributed by atoms with Gasteiger partial charge in [-0.05, 0) is 26.3 Å². The third-order valence-electron chi connectivity index (χ3n) is 3.05. The van der Waals surface area contributed by atoms with Crippen molar-refractivity contribution in [3.05, 3.63) is 23.0 Å². The fraction of sp³-hybridized carbons (Fsp3) is 0.462. The van der Waals surface area contributed by atoms with Crippen LogP contribution in [0.5, 0.6) is 0 Å². The molecule has 0 aliphatic heterocycles. The first-order valence-electron chi connectivity index (χ1n) is 6.17. The molecule has 0 atom stereocenters. The van der Waals surface area contributed by atoms with Crippen molar-refractivity contribution in [1.82, 2.24) is 20.0 Å². The number of nitrogen functional groups attached to an aromatic ring is 1. The molecule has 2 N–H and O–H groups in total. The number of hydrogen-bond donors (Lipinski definition) is 1. The molecule has 0 spiro atoms. The van der Waals surface area contributed by atoms with E-state index >= 15 is 0 Å². The Balaban J connectivity index is 2.63. The molecule has 0 aromatic carbocycles. The van der Waals surface area contributed by atoms with Crippen LogP contribution in [-0.2, 0) is 13.5 Å². The summed E-state index contributed by atoms with van der Waals surface area (Å²) in [5, 5.41) is 12.7. The second kappa shape index (κ2) is 4.76. The lowest BCUT2D eigenvalue weighted by molar-refractivity contribution is 0.780. The van der Waals surface area contributed by atoms with Crippen molar-refractivity contribution < 1.29 is 0 Å². The second-order valence-electron chi connectivity index (χ2n) is 4.57. The van der Waals surface area contributed by atoms with Crippen molar-refractivity contribution in [1.29, 1.82) is 0 Å². The first-order chi connectivity index (χ1) is 8.54. The zero-order chi connectivity index (χ0) is 13.3. The molecule has 0 unspecified atom stereocenters. The zero-order valence-electron chi connectivity index (χ0n) is 11.4. The number of aromatic nitrogens is 4. The van der Waals surface area contributed by atoms with Gasteiger partial charge in [-0.2, -0.15) is 15.3 Å². The molecule has 18 heavy (non-hydrogen) atoms. The Morgan fingerprint density at radius 3 is 2.67 bits per heavy atom. The SMILES string of the molecule is CCCc1c(-c2cc(C)nnc2C)nn(C)c1N. The molecule has 2 heterocycles. The minimum absolute atomic E-state index is 0.737. The summed E-state index contributed by atoms with van der Waals surface area (Å²) >= 11 is 0. The Morgan fingerprint density at radius 2 is 2.00 bits per heavy atom. The molecule has 0 aliphatic rings. The smallest absolute Gasteiger partial charge is 0.125 e. The molecule has 2 aromatic heterocycles. The Hall–Kier alpha value is -1.91.